The van der Waals surface area contributed by atoms with Gasteiger partial charge in [0.15, 0.2) is 0 Å². The van der Waals surface area contributed by atoms with Crippen LogP contribution in [0.25, 0.3) is 0 Å². The lowest BCUT2D eigenvalue weighted by Crippen LogP contribution is -2.34. The molecule has 1 saturated heterocycles. The van der Waals surface area contributed by atoms with Gasteiger partial charge < -0.3 is 14.5 Å². The number of hydrogen-bond donors (Lipinski definition) is 0. The molecule has 0 aliphatic carbocycles. The molecule has 5 nitrogen and oxygen atoms in total. The average molecular weight is 366 g/mol. The molecule has 0 aromatic heterocycles. The first-order chi connectivity index (χ1) is 13.0. The Bertz CT molecular complexity index is 834. The summed E-state index contributed by atoms with van der Waals surface area (Å²) < 4.78 is 5.64. The smallest absolute Gasteiger partial charge is 0.228 e. The molecule has 1 aliphatic rings. The van der Waals surface area contributed by atoms with Crippen molar-refractivity contribution in [2.45, 2.75) is 26.8 Å². The van der Waals surface area contributed by atoms with Crippen molar-refractivity contribution in [2.75, 3.05) is 25.1 Å². The largest absolute Gasteiger partial charge is 0.492 e. The molecule has 0 spiro atoms. The van der Waals surface area contributed by atoms with Crippen LogP contribution in [0.1, 0.15) is 24.5 Å². The van der Waals surface area contributed by atoms with Crippen molar-refractivity contribution < 1.29 is 14.3 Å². The van der Waals surface area contributed by atoms with E-state index in [1.54, 1.807) is 16.8 Å². The van der Waals surface area contributed by atoms with Gasteiger partial charge in [-0.2, -0.15) is 0 Å². The second-order valence-electron chi connectivity index (χ2n) is 6.93. The molecule has 1 aliphatic heterocycles. The summed E-state index contributed by atoms with van der Waals surface area (Å²) in [5.41, 5.74) is 3.02. The van der Waals surface area contributed by atoms with Crippen molar-refractivity contribution >= 4 is 17.5 Å². The fourth-order valence-electron chi connectivity index (χ4n) is 3.50. The molecule has 142 valence electrons. The number of hydrogen-bond acceptors (Lipinski definition) is 3. The van der Waals surface area contributed by atoms with Crippen LogP contribution in [0.3, 0.4) is 0 Å². The summed E-state index contributed by atoms with van der Waals surface area (Å²) in [6.45, 7) is 5.42. The predicted octanol–water partition coefficient (Wildman–Crippen LogP) is 3.41. The van der Waals surface area contributed by atoms with Crippen LogP contribution in [-0.2, 0) is 16.1 Å². The molecular weight excluding hydrogens is 340 g/mol. The quantitative estimate of drug-likeness (QED) is 0.787. The van der Waals surface area contributed by atoms with Gasteiger partial charge in [0.05, 0.1) is 18.2 Å². The lowest BCUT2D eigenvalue weighted by atomic mass is 10.1. The molecular formula is C22H26N2O3. The van der Waals surface area contributed by atoms with Gasteiger partial charge in [-0.25, -0.2) is 0 Å². The third-order valence-corrected chi connectivity index (χ3v) is 4.98. The number of anilines is 1. The predicted molar refractivity (Wildman–Crippen MR) is 106 cm³/mol. The van der Waals surface area contributed by atoms with E-state index in [1.165, 1.54) is 0 Å². The molecule has 0 saturated carbocycles. The second kappa shape index (κ2) is 8.25. The summed E-state index contributed by atoms with van der Waals surface area (Å²) >= 11 is 0. The first-order valence-corrected chi connectivity index (χ1v) is 9.33. The van der Waals surface area contributed by atoms with E-state index in [2.05, 4.69) is 0 Å². The minimum Gasteiger partial charge on any atom is -0.492 e. The van der Waals surface area contributed by atoms with Crippen LogP contribution in [0.4, 0.5) is 5.69 Å². The van der Waals surface area contributed by atoms with Crippen molar-refractivity contribution in [3.63, 3.8) is 0 Å². The molecule has 0 radical (unpaired) electrons. The first kappa shape index (κ1) is 19.0. The summed E-state index contributed by atoms with van der Waals surface area (Å²) in [6, 6.07) is 15.5. The van der Waals surface area contributed by atoms with Gasteiger partial charge in [0.25, 0.3) is 0 Å². The Balaban J connectivity index is 1.71. The molecule has 1 fully saturated rings. The van der Waals surface area contributed by atoms with Crippen LogP contribution in [0.15, 0.2) is 48.5 Å². The number of carbonyl (C=O) groups is 2. The maximum atomic E-state index is 12.9. The number of amides is 2. The number of nitrogens with zero attached hydrogens (tertiary/aromatic N) is 2. The van der Waals surface area contributed by atoms with Crippen LogP contribution < -0.4 is 9.64 Å². The Hall–Kier alpha value is -2.82. The first-order valence-electron chi connectivity index (χ1n) is 9.33. The molecule has 1 unspecified atom stereocenters. The van der Waals surface area contributed by atoms with Gasteiger partial charge in [-0.05, 0) is 37.1 Å². The normalized spacial score (nSPS) is 16.5. The van der Waals surface area contributed by atoms with Gasteiger partial charge in [-0.15, -0.1) is 0 Å². The third kappa shape index (κ3) is 4.13. The zero-order valence-electron chi connectivity index (χ0n) is 16.1. The van der Waals surface area contributed by atoms with E-state index in [4.69, 9.17) is 4.74 Å². The van der Waals surface area contributed by atoms with Crippen molar-refractivity contribution in [3.8, 4) is 5.75 Å². The van der Waals surface area contributed by atoms with Crippen LogP contribution in [0.2, 0.25) is 0 Å². The molecule has 2 aromatic carbocycles. The summed E-state index contributed by atoms with van der Waals surface area (Å²) in [7, 11) is 1.80. The number of para-hydroxylation sites is 2. The Labute approximate surface area is 160 Å². The van der Waals surface area contributed by atoms with E-state index in [0.29, 0.717) is 25.4 Å². The van der Waals surface area contributed by atoms with Crippen LogP contribution >= 0.6 is 0 Å². The number of carbonyl (C=O) groups excluding carboxylic acids is 2. The third-order valence-electron chi connectivity index (χ3n) is 4.98. The van der Waals surface area contributed by atoms with Crippen LogP contribution in [0, 0.1) is 12.8 Å². The minimum atomic E-state index is -0.332. The van der Waals surface area contributed by atoms with E-state index in [0.717, 1.165) is 16.8 Å². The van der Waals surface area contributed by atoms with Gasteiger partial charge in [0.1, 0.15) is 5.75 Å². The van der Waals surface area contributed by atoms with Crippen LogP contribution in [0.5, 0.6) is 5.75 Å². The molecule has 0 N–H and O–H groups in total. The molecule has 2 amide bonds. The summed E-state index contributed by atoms with van der Waals surface area (Å²) in [4.78, 5) is 28.9. The Morgan fingerprint density at radius 2 is 1.89 bits per heavy atom. The molecule has 0 bridgehead atoms. The number of benzene rings is 2. The van der Waals surface area contributed by atoms with E-state index in [1.807, 2.05) is 62.4 Å². The number of rotatable bonds is 6. The van der Waals surface area contributed by atoms with Gasteiger partial charge in [-0.1, -0.05) is 36.4 Å². The Kier molecular flexibility index (Phi) is 5.79. The molecule has 27 heavy (non-hydrogen) atoms. The molecule has 1 atom stereocenters. The number of aryl methyl sites for hydroxylation is 1. The van der Waals surface area contributed by atoms with E-state index < -0.39 is 0 Å². The zero-order valence-corrected chi connectivity index (χ0v) is 16.1. The van der Waals surface area contributed by atoms with Crippen LogP contribution in [-0.4, -0.2) is 36.9 Å². The highest BCUT2D eigenvalue weighted by Gasteiger charge is 2.37. The average Bonchev–Trinajstić information content (AvgIpc) is 3.05. The van der Waals surface area contributed by atoms with E-state index >= 15 is 0 Å². The summed E-state index contributed by atoms with van der Waals surface area (Å²) in [5, 5.41) is 0. The van der Waals surface area contributed by atoms with Gasteiger partial charge in [0.2, 0.25) is 11.8 Å². The van der Waals surface area contributed by atoms with Gasteiger partial charge in [-0.3, -0.25) is 9.59 Å². The summed E-state index contributed by atoms with van der Waals surface area (Å²) in [6.07, 6.45) is 0.234. The number of ether oxygens (including phenoxy) is 1. The Morgan fingerprint density at radius 1 is 1.19 bits per heavy atom. The Morgan fingerprint density at radius 3 is 2.63 bits per heavy atom. The highest BCUT2D eigenvalue weighted by Crippen LogP contribution is 2.33. The highest BCUT2D eigenvalue weighted by molar-refractivity contribution is 6.01. The van der Waals surface area contributed by atoms with Crippen molar-refractivity contribution in [1.82, 2.24) is 4.90 Å². The van der Waals surface area contributed by atoms with E-state index in [-0.39, 0.29) is 24.2 Å². The monoisotopic (exact) mass is 366 g/mol. The standard InChI is InChI=1S/C22H26N2O3/c1-4-27-20-12-8-7-11-19(20)24-15-18(13-21(24)25)22(26)23(3)14-17-10-6-5-9-16(17)2/h5-12,18H,4,13-15H2,1-3H3. The topological polar surface area (TPSA) is 49.9 Å². The van der Waals surface area contributed by atoms with Crippen molar-refractivity contribution in [3.05, 3.63) is 59.7 Å². The summed E-state index contributed by atoms with van der Waals surface area (Å²) in [5.74, 6) is 0.309. The molecule has 2 aromatic rings. The fourth-order valence-corrected chi connectivity index (χ4v) is 3.50. The SMILES string of the molecule is CCOc1ccccc1N1CC(C(=O)N(C)Cc2ccccc2C)CC1=O. The lowest BCUT2D eigenvalue weighted by Gasteiger charge is -2.23. The van der Waals surface area contributed by atoms with Crippen molar-refractivity contribution in [2.24, 2.45) is 5.92 Å². The maximum Gasteiger partial charge on any atom is 0.228 e. The van der Waals surface area contributed by atoms with Gasteiger partial charge >= 0.3 is 0 Å². The van der Waals surface area contributed by atoms with E-state index in [9.17, 15) is 9.59 Å². The molecule has 1 heterocycles. The van der Waals surface area contributed by atoms with Crippen molar-refractivity contribution in [1.29, 1.82) is 0 Å². The fraction of sp³-hybridized carbons (Fsp3) is 0.364. The lowest BCUT2D eigenvalue weighted by molar-refractivity contribution is -0.135. The second-order valence-corrected chi connectivity index (χ2v) is 6.93. The van der Waals surface area contributed by atoms with Gasteiger partial charge in [0, 0.05) is 26.6 Å². The molecule has 5 heteroatoms. The minimum absolute atomic E-state index is 0.00277. The maximum absolute atomic E-state index is 12.9. The zero-order chi connectivity index (χ0) is 19.4. The molecule has 3 rings (SSSR count). The highest BCUT2D eigenvalue weighted by atomic mass is 16.5.